The van der Waals surface area contributed by atoms with Gasteiger partial charge in [0.2, 0.25) is 5.82 Å². The van der Waals surface area contributed by atoms with Crippen LogP contribution >= 0.6 is 0 Å². The minimum Gasteiger partial charge on any atom is -0.432 e. The van der Waals surface area contributed by atoms with Crippen LogP contribution in [0.5, 0.6) is 5.75 Å². The molecule has 0 aliphatic carbocycles. The minimum absolute atomic E-state index is 0.266. The van der Waals surface area contributed by atoms with Crippen LogP contribution < -0.4 is 10.5 Å². The first-order valence-corrected chi connectivity index (χ1v) is 3.76. The summed E-state index contributed by atoms with van der Waals surface area (Å²) in [6, 6.07) is 0.266. The Labute approximate surface area is 85.6 Å². The Hall–Kier alpha value is -1.86. The molecule has 0 aliphatic rings. The number of hydrogen-bond acceptors (Lipinski definition) is 2. The average molecular weight is 241 g/mol. The first-order chi connectivity index (χ1) is 7.34. The van der Waals surface area contributed by atoms with Crippen molar-refractivity contribution in [1.82, 2.24) is 0 Å². The molecule has 2 N–H and O–H groups in total. The summed E-state index contributed by atoms with van der Waals surface area (Å²) in [5.74, 6) is -8.64. The zero-order valence-electron chi connectivity index (χ0n) is 7.44. The molecule has 0 saturated carbocycles. The van der Waals surface area contributed by atoms with E-state index in [1.807, 2.05) is 0 Å². The van der Waals surface area contributed by atoms with Crippen molar-refractivity contribution in [2.75, 3.05) is 0 Å². The standard InChI is InChI=1S/C8H4F5NO2/c9-4-2(7(14)15)1-3(16-8(12)13)5(10)6(4)11/h1,8H,(H2,14,15). The van der Waals surface area contributed by atoms with Crippen LogP contribution in [0, 0.1) is 17.5 Å². The Morgan fingerprint density at radius 1 is 1.19 bits per heavy atom. The van der Waals surface area contributed by atoms with Crippen LogP contribution in [0.1, 0.15) is 10.4 Å². The van der Waals surface area contributed by atoms with Gasteiger partial charge in [0, 0.05) is 0 Å². The molecule has 0 aromatic heterocycles. The molecule has 0 aliphatic heterocycles. The lowest BCUT2D eigenvalue weighted by molar-refractivity contribution is -0.0526. The van der Waals surface area contributed by atoms with Crippen molar-refractivity contribution in [2.45, 2.75) is 6.61 Å². The van der Waals surface area contributed by atoms with Gasteiger partial charge in [-0.25, -0.2) is 8.78 Å². The van der Waals surface area contributed by atoms with Gasteiger partial charge in [-0.15, -0.1) is 0 Å². The summed E-state index contributed by atoms with van der Waals surface area (Å²) < 4.78 is 65.5. The lowest BCUT2D eigenvalue weighted by atomic mass is 10.1. The highest BCUT2D eigenvalue weighted by molar-refractivity contribution is 5.93. The van der Waals surface area contributed by atoms with E-state index in [2.05, 4.69) is 10.5 Å². The lowest BCUT2D eigenvalue weighted by Gasteiger charge is -2.08. The van der Waals surface area contributed by atoms with Crippen molar-refractivity contribution < 1.29 is 31.5 Å². The third-order valence-electron chi connectivity index (χ3n) is 1.60. The Morgan fingerprint density at radius 2 is 1.75 bits per heavy atom. The number of hydrogen-bond donors (Lipinski definition) is 1. The van der Waals surface area contributed by atoms with Crippen LogP contribution in [-0.4, -0.2) is 12.5 Å². The quantitative estimate of drug-likeness (QED) is 0.648. The average Bonchev–Trinajstić information content (AvgIpc) is 2.18. The second kappa shape index (κ2) is 4.33. The van der Waals surface area contributed by atoms with Gasteiger partial charge in [-0.3, -0.25) is 4.79 Å². The Bertz CT molecular complexity index is 435. The zero-order valence-corrected chi connectivity index (χ0v) is 7.44. The molecule has 0 heterocycles. The molecule has 1 amide bonds. The van der Waals surface area contributed by atoms with Crippen LogP contribution in [0.4, 0.5) is 22.0 Å². The normalized spacial score (nSPS) is 10.6. The van der Waals surface area contributed by atoms with Gasteiger partial charge in [-0.05, 0) is 6.07 Å². The summed E-state index contributed by atoms with van der Waals surface area (Å²) in [6.45, 7) is -3.44. The third kappa shape index (κ3) is 2.20. The number of primary amides is 1. The lowest BCUT2D eigenvalue weighted by Crippen LogP contribution is -2.16. The number of benzene rings is 1. The zero-order chi connectivity index (χ0) is 12.5. The summed E-state index contributed by atoms with van der Waals surface area (Å²) in [4.78, 5) is 10.6. The molecule has 88 valence electrons. The van der Waals surface area contributed by atoms with Gasteiger partial charge in [0.1, 0.15) is 0 Å². The first kappa shape index (κ1) is 12.2. The second-order valence-corrected chi connectivity index (χ2v) is 2.61. The molecule has 1 aromatic carbocycles. The Morgan fingerprint density at radius 3 is 2.19 bits per heavy atom. The largest absolute Gasteiger partial charge is 0.432 e. The van der Waals surface area contributed by atoms with Crippen molar-refractivity contribution in [3.8, 4) is 5.75 Å². The van der Waals surface area contributed by atoms with Crippen LogP contribution in [0.3, 0.4) is 0 Å². The molecule has 1 rings (SSSR count). The predicted octanol–water partition coefficient (Wildman–Crippen LogP) is 1.80. The van der Waals surface area contributed by atoms with E-state index in [-0.39, 0.29) is 6.07 Å². The number of nitrogens with two attached hydrogens (primary N) is 1. The third-order valence-corrected chi connectivity index (χ3v) is 1.60. The van der Waals surface area contributed by atoms with Crippen molar-refractivity contribution >= 4 is 5.91 Å². The van der Waals surface area contributed by atoms with Gasteiger partial charge >= 0.3 is 6.61 Å². The number of ether oxygens (including phenoxy) is 1. The molecule has 8 heteroatoms. The molecule has 16 heavy (non-hydrogen) atoms. The van der Waals surface area contributed by atoms with E-state index in [1.54, 1.807) is 0 Å². The van der Waals surface area contributed by atoms with Gasteiger partial charge in [0.15, 0.2) is 17.4 Å². The summed E-state index contributed by atoms with van der Waals surface area (Å²) >= 11 is 0. The highest BCUT2D eigenvalue weighted by Gasteiger charge is 2.23. The minimum atomic E-state index is -3.44. The fourth-order valence-corrected chi connectivity index (χ4v) is 0.942. The highest BCUT2D eigenvalue weighted by Crippen LogP contribution is 2.26. The molecular formula is C8H4F5NO2. The van der Waals surface area contributed by atoms with Gasteiger partial charge in [0.05, 0.1) is 5.56 Å². The van der Waals surface area contributed by atoms with Crippen molar-refractivity contribution in [1.29, 1.82) is 0 Å². The smallest absolute Gasteiger partial charge is 0.387 e. The number of halogens is 5. The van der Waals surface area contributed by atoms with Crippen molar-refractivity contribution in [3.63, 3.8) is 0 Å². The van der Waals surface area contributed by atoms with E-state index in [0.717, 1.165) is 0 Å². The molecule has 0 spiro atoms. The summed E-state index contributed by atoms with van der Waals surface area (Å²) in [7, 11) is 0. The van der Waals surface area contributed by atoms with E-state index < -0.39 is 41.3 Å². The maximum atomic E-state index is 12.9. The monoisotopic (exact) mass is 241 g/mol. The van der Waals surface area contributed by atoms with Gasteiger partial charge in [0.25, 0.3) is 5.91 Å². The van der Waals surface area contributed by atoms with Crippen molar-refractivity contribution in [2.24, 2.45) is 5.73 Å². The first-order valence-electron chi connectivity index (χ1n) is 3.76. The fraction of sp³-hybridized carbons (Fsp3) is 0.125. The maximum Gasteiger partial charge on any atom is 0.387 e. The molecule has 0 saturated heterocycles. The molecule has 0 radical (unpaired) electrons. The number of carbonyl (C=O) groups excluding carboxylic acids is 1. The molecule has 1 aromatic rings. The second-order valence-electron chi connectivity index (χ2n) is 2.61. The topological polar surface area (TPSA) is 52.3 Å². The van der Waals surface area contributed by atoms with E-state index in [4.69, 9.17) is 0 Å². The van der Waals surface area contributed by atoms with E-state index in [0.29, 0.717) is 0 Å². The molecular weight excluding hydrogens is 237 g/mol. The van der Waals surface area contributed by atoms with Crippen LogP contribution in [0.25, 0.3) is 0 Å². The number of alkyl halides is 2. The summed E-state index contributed by atoms with van der Waals surface area (Å²) in [5.41, 5.74) is 3.55. The van der Waals surface area contributed by atoms with E-state index in [9.17, 15) is 26.7 Å². The van der Waals surface area contributed by atoms with Crippen molar-refractivity contribution in [3.05, 3.63) is 29.1 Å². The molecule has 0 atom stereocenters. The SMILES string of the molecule is NC(=O)c1cc(OC(F)F)c(F)c(F)c1F. The van der Waals surface area contributed by atoms with Gasteiger partial charge < -0.3 is 10.5 Å². The van der Waals surface area contributed by atoms with E-state index in [1.165, 1.54) is 0 Å². The van der Waals surface area contributed by atoms with Crippen LogP contribution in [0.15, 0.2) is 6.07 Å². The van der Waals surface area contributed by atoms with E-state index >= 15 is 0 Å². The predicted molar refractivity (Wildman–Crippen MR) is 41.5 cm³/mol. The Kier molecular flexibility index (Phi) is 3.31. The molecule has 0 fully saturated rings. The fourth-order valence-electron chi connectivity index (χ4n) is 0.942. The molecule has 0 unspecified atom stereocenters. The summed E-state index contributed by atoms with van der Waals surface area (Å²) in [5, 5.41) is 0. The number of rotatable bonds is 3. The number of amides is 1. The van der Waals surface area contributed by atoms with Gasteiger partial charge in [-0.1, -0.05) is 0 Å². The van der Waals surface area contributed by atoms with Crippen LogP contribution in [-0.2, 0) is 0 Å². The Balaban J connectivity index is 3.35. The molecule has 0 bridgehead atoms. The van der Waals surface area contributed by atoms with Crippen LogP contribution in [0.2, 0.25) is 0 Å². The molecule has 3 nitrogen and oxygen atoms in total. The van der Waals surface area contributed by atoms with Gasteiger partial charge in [-0.2, -0.15) is 13.2 Å². The number of carbonyl (C=O) groups is 1. The maximum absolute atomic E-state index is 12.9. The highest BCUT2D eigenvalue weighted by atomic mass is 19.3. The summed E-state index contributed by atoms with van der Waals surface area (Å²) in [6.07, 6.45) is 0.